The molecule has 0 bridgehead atoms. The Morgan fingerprint density at radius 3 is 2.73 bits per heavy atom. The minimum atomic E-state index is -0.396. The Labute approximate surface area is 134 Å². The van der Waals surface area contributed by atoms with Crippen molar-refractivity contribution in [2.24, 2.45) is 17.6 Å². The lowest BCUT2D eigenvalue weighted by atomic mass is 9.73. The van der Waals surface area contributed by atoms with Crippen LogP contribution in [0.25, 0.3) is 0 Å². The molecule has 1 saturated carbocycles. The second-order valence-electron chi connectivity index (χ2n) is 7.22. The minimum absolute atomic E-state index is 0.0585. The van der Waals surface area contributed by atoms with Gasteiger partial charge in [-0.25, -0.2) is 0 Å². The summed E-state index contributed by atoms with van der Waals surface area (Å²) in [5.74, 6) is 0.117. The number of carbonyl (C=O) groups excluding carboxylic acids is 2. The highest BCUT2D eigenvalue weighted by atomic mass is 16.2. The van der Waals surface area contributed by atoms with Crippen molar-refractivity contribution < 1.29 is 9.59 Å². The van der Waals surface area contributed by atoms with Crippen LogP contribution < -0.4 is 11.1 Å². The van der Waals surface area contributed by atoms with Gasteiger partial charge in [-0.05, 0) is 39.0 Å². The summed E-state index contributed by atoms with van der Waals surface area (Å²) < 4.78 is 0. The van der Waals surface area contributed by atoms with Crippen molar-refractivity contribution in [2.45, 2.75) is 64.3 Å². The van der Waals surface area contributed by atoms with Crippen molar-refractivity contribution in [3.8, 4) is 0 Å². The third-order valence-corrected chi connectivity index (χ3v) is 5.21. The highest BCUT2D eigenvalue weighted by Crippen LogP contribution is 2.33. The highest BCUT2D eigenvalue weighted by molar-refractivity contribution is 5.83. The molecule has 0 aromatic rings. The summed E-state index contributed by atoms with van der Waals surface area (Å²) in [5.41, 5.74) is 5.97. The summed E-state index contributed by atoms with van der Waals surface area (Å²) in [6, 6.07) is 0. The van der Waals surface area contributed by atoms with Crippen LogP contribution in [-0.4, -0.2) is 41.9 Å². The van der Waals surface area contributed by atoms with Crippen LogP contribution in [0.15, 0.2) is 0 Å². The molecule has 126 valence electrons. The lowest BCUT2D eigenvalue weighted by Crippen LogP contribution is -2.56. The van der Waals surface area contributed by atoms with Crippen LogP contribution in [-0.2, 0) is 9.59 Å². The van der Waals surface area contributed by atoms with Gasteiger partial charge in [-0.2, -0.15) is 0 Å². The highest BCUT2D eigenvalue weighted by Gasteiger charge is 2.41. The van der Waals surface area contributed by atoms with Gasteiger partial charge in [0.1, 0.15) is 0 Å². The van der Waals surface area contributed by atoms with E-state index in [-0.39, 0.29) is 23.7 Å². The molecular formula is C17H31N3O2. The van der Waals surface area contributed by atoms with Crippen LogP contribution in [0.5, 0.6) is 0 Å². The fraction of sp³-hybridized carbons (Fsp3) is 0.882. The zero-order valence-corrected chi connectivity index (χ0v) is 14.1. The lowest BCUT2D eigenvalue weighted by Gasteiger charge is -2.42. The Morgan fingerprint density at radius 1 is 1.27 bits per heavy atom. The summed E-state index contributed by atoms with van der Waals surface area (Å²) >= 11 is 0. The van der Waals surface area contributed by atoms with Gasteiger partial charge in [-0.1, -0.05) is 19.8 Å². The van der Waals surface area contributed by atoms with E-state index < -0.39 is 5.54 Å². The molecule has 1 aliphatic heterocycles. The summed E-state index contributed by atoms with van der Waals surface area (Å²) in [7, 11) is 0. The predicted molar refractivity (Wildman–Crippen MR) is 87.2 cm³/mol. The Kier molecular flexibility index (Phi) is 5.84. The van der Waals surface area contributed by atoms with E-state index in [0.717, 1.165) is 51.5 Å². The van der Waals surface area contributed by atoms with E-state index in [4.69, 9.17) is 5.73 Å². The molecule has 22 heavy (non-hydrogen) atoms. The second kappa shape index (κ2) is 7.44. The average Bonchev–Trinajstić information content (AvgIpc) is 2.51. The zero-order valence-electron chi connectivity index (χ0n) is 14.1. The molecule has 2 rings (SSSR count). The van der Waals surface area contributed by atoms with E-state index in [2.05, 4.69) is 5.32 Å². The monoisotopic (exact) mass is 309 g/mol. The van der Waals surface area contributed by atoms with E-state index in [1.54, 1.807) is 0 Å². The van der Waals surface area contributed by atoms with E-state index in [0.29, 0.717) is 13.1 Å². The van der Waals surface area contributed by atoms with Gasteiger partial charge < -0.3 is 16.0 Å². The van der Waals surface area contributed by atoms with Crippen LogP contribution >= 0.6 is 0 Å². The number of piperidine rings is 1. The zero-order chi connectivity index (χ0) is 16.2. The Hall–Kier alpha value is -1.10. The van der Waals surface area contributed by atoms with Gasteiger partial charge in [0.25, 0.3) is 0 Å². The van der Waals surface area contributed by atoms with Gasteiger partial charge in [0, 0.05) is 25.2 Å². The Balaban J connectivity index is 1.96. The molecule has 5 nitrogen and oxygen atoms in total. The molecule has 2 aliphatic rings. The average molecular weight is 309 g/mol. The second-order valence-corrected chi connectivity index (χ2v) is 7.22. The smallest absolute Gasteiger partial charge is 0.227 e. The van der Waals surface area contributed by atoms with E-state index >= 15 is 0 Å². The van der Waals surface area contributed by atoms with Crippen LogP contribution in [0.2, 0.25) is 0 Å². The van der Waals surface area contributed by atoms with Crippen LogP contribution in [0.3, 0.4) is 0 Å². The number of nitrogens with one attached hydrogen (secondary N) is 1. The molecule has 1 saturated heterocycles. The summed E-state index contributed by atoms with van der Waals surface area (Å²) in [5, 5.41) is 2.96. The molecule has 0 radical (unpaired) electrons. The molecule has 3 atom stereocenters. The number of hydrogen-bond donors (Lipinski definition) is 2. The van der Waals surface area contributed by atoms with Crippen molar-refractivity contribution in [3.63, 3.8) is 0 Å². The molecule has 5 heteroatoms. The quantitative estimate of drug-likeness (QED) is 0.829. The molecule has 0 spiro atoms. The topological polar surface area (TPSA) is 75.4 Å². The molecular weight excluding hydrogens is 278 g/mol. The Morgan fingerprint density at radius 2 is 2.05 bits per heavy atom. The fourth-order valence-corrected chi connectivity index (χ4v) is 3.77. The number of nitrogens with zero attached hydrogens (tertiary/aromatic N) is 1. The fourth-order valence-electron chi connectivity index (χ4n) is 3.77. The van der Waals surface area contributed by atoms with Gasteiger partial charge in [0.2, 0.25) is 11.8 Å². The van der Waals surface area contributed by atoms with Crippen LogP contribution in [0.1, 0.15) is 58.8 Å². The third kappa shape index (κ3) is 4.00. The third-order valence-electron chi connectivity index (χ3n) is 5.21. The van der Waals surface area contributed by atoms with Crippen molar-refractivity contribution in [1.82, 2.24) is 10.2 Å². The first-order valence-corrected chi connectivity index (χ1v) is 8.81. The molecule has 0 aromatic heterocycles. The number of likely N-dealkylation sites (tertiary alicyclic amines) is 1. The predicted octanol–water partition coefficient (Wildman–Crippen LogP) is 1.66. The maximum atomic E-state index is 12.9. The molecule has 1 aliphatic carbocycles. The van der Waals surface area contributed by atoms with Crippen LogP contribution in [0.4, 0.5) is 0 Å². The first-order valence-electron chi connectivity index (χ1n) is 8.81. The lowest BCUT2D eigenvalue weighted by molar-refractivity contribution is -0.142. The molecule has 0 aromatic carbocycles. The van der Waals surface area contributed by atoms with Crippen LogP contribution in [0, 0.1) is 11.8 Å². The molecule has 1 heterocycles. The maximum Gasteiger partial charge on any atom is 0.227 e. The van der Waals surface area contributed by atoms with Gasteiger partial charge in [-0.15, -0.1) is 0 Å². The summed E-state index contributed by atoms with van der Waals surface area (Å²) in [4.78, 5) is 26.9. The Bertz CT molecular complexity index is 409. The minimum Gasteiger partial charge on any atom is -0.356 e. The van der Waals surface area contributed by atoms with Gasteiger partial charge in [0.05, 0.1) is 11.8 Å². The van der Waals surface area contributed by atoms with E-state index in [1.165, 1.54) is 0 Å². The molecule has 3 N–H and O–H groups in total. The number of rotatable bonds is 4. The van der Waals surface area contributed by atoms with Gasteiger partial charge >= 0.3 is 0 Å². The molecule has 2 amide bonds. The van der Waals surface area contributed by atoms with Crippen molar-refractivity contribution in [2.75, 3.05) is 19.6 Å². The number of hydrogen-bond acceptors (Lipinski definition) is 3. The summed E-state index contributed by atoms with van der Waals surface area (Å²) in [6.45, 7) is 6.09. The standard InChI is InChI=1S/C17H31N3O2/c1-3-10-19-15(21)13-7-6-11-20(12-13)16(22)14-8-4-5-9-17(14,2)18/h13-14H,3-12,18H2,1-2H3,(H,19,21). The van der Waals surface area contributed by atoms with E-state index in [1.807, 2.05) is 18.7 Å². The van der Waals surface area contributed by atoms with Crippen molar-refractivity contribution in [1.29, 1.82) is 0 Å². The normalized spacial score (nSPS) is 32.6. The van der Waals surface area contributed by atoms with E-state index in [9.17, 15) is 9.59 Å². The number of carbonyl (C=O) groups is 2. The largest absolute Gasteiger partial charge is 0.356 e. The van der Waals surface area contributed by atoms with Gasteiger partial charge in [0.15, 0.2) is 0 Å². The van der Waals surface area contributed by atoms with Gasteiger partial charge in [-0.3, -0.25) is 9.59 Å². The molecule has 2 fully saturated rings. The number of nitrogens with two attached hydrogens (primary N) is 1. The summed E-state index contributed by atoms with van der Waals surface area (Å²) in [6.07, 6.45) is 6.71. The first-order chi connectivity index (χ1) is 10.5. The number of amides is 2. The maximum absolute atomic E-state index is 12.9. The van der Waals surface area contributed by atoms with Crippen molar-refractivity contribution in [3.05, 3.63) is 0 Å². The SMILES string of the molecule is CCCNC(=O)C1CCCN(C(=O)C2CCCCC2(C)N)C1. The molecule has 3 unspecified atom stereocenters. The van der Waals surface area contributed by atoms with Crippen molar-refractivity contribution >= 4 is 11.8 Å². The first kappa shape index (κ1) is 17.3.